The van der Waals surface area contributed by atoms with Crippen LogP contribution in [-0.2, 0) is 4.74 Å². The van der Waals surface area contributed by atoms with Crippen molar-refractivity contribution in [3.05, 3.63) is 0 Å². The van der Waals surface area contributed by atoms with Gasteiger partial charge in [0.15, 0.2) is 16.6 Å². The predicted molar refractivity (Wildman–Crippen MR) is 83.5 cm³/mol. The third-order valence-electron chi connectivity index (χ3n) is 3.88. The molecule has 1 heterocycles. The van der Waals surface area contributed by atoms with E-state index in [1.54, 1.807) is 0 Å². The molecule has 0 saturated heterocycles. The van der Waals surface area contributed by atoms with Crippen molar-refractivity contribution in [2.75, 3.05) is 17.7 Å². The van der Waals surface area contributed by atoms with Gasteiger partial charge >= 0.3 is 0 Å². The molecule has 0 bridgehead atoms. The molecular weight excluding hydrogens is 274 g/mol. The lowest BCUT2D eigenvalue weighted by Crippen LogP contribution is -2.58. The third-order valence-corrected chi connectivity index (χ3v) is 4.65. The topological polar surface area (TPSA) is 69.4 Å². The van der Waals surface area contributed by atoms with E-state index in [-0.39, 0.29) is 11.5 Å². The maximum atomic E-state index is 5.88. The minimum Gasteiger partial charge on any atom is -0.484 e. The Morgan fingerprint density at radius 1 is 1.50 bits per heavy atom. The molecule has 2 atom stereocenters. The molecule has 1 aromatic heterocycles. The van der Waals surface area contributed by atoms with Gasteiger partial charge in [-0.25, -0.2) is 0 Å². The standard InChI is InChI=1S/C14H25N3O2S/c1-6-18-10-7-9(14(10,4)5)16-13-11(19-8(2)3)12(15)17-20-13/h8-10,16H,6-7H2,1-5H3,(H2,15,17). The van der Waals surface area contributed by atoms with Crippen molar-refractivity contribution in [1.29, 1.82) is 0 Å². The molecule has 0 amide bonds. The minimum atomic E-state index is 0.0832. The van der Waals surface area contributed by atoms with Gasteiger partial charge in [-0.3, -0.25) is 0 Å². The molecule has 3 N–H and O–H groups in total. The summed E-state index contributed by atoms with van der Waals surface area (Å²) in [6, 6.07) is 0.355. The summed E-state index contributed by atoms with van der Waals surface area (Å²) in [5.41, 5.74) is 5.98. The number of nitrogens with zero attached hydrogens (tertiary/aromatic N) is 1. The van der Waals surface area contributed by atoms with Gasteiger partial charge in [0.05, 0.1) is 12.2 Å². The summed E-state index contributed by atoms with van der Waals surface area (Å²) >= 11 is 1.36. The van der Waals surface area contributed by atoms with Crippen LogP contribution in [0.15, 0.2) is 0 Å². The van der Waals surface area contributed by atoms with E-state index in [1.165, 1.54) is 11.5 Å². The van der Waals surface area contributed by atoms with E-state index in [2.05, 4.69) is 23.5 Å². The van der Waals surface area contributed by atoms with Gasteiger partial charge in [0, 0.05) is 18.1 Å². The Balaban J connectivity index is 2.05. The molecule has 6 heteroatoms. The third kappa shape index (κ3) is 2.86. The summed E-state index contributed by atoms with van der Waals surface area (Å²) in [4.78, 5) is 0. The fourth-order valence-corrected chi connectivity index (χ4v) is 3.21. The molecule has 114 valence electrons. The first kappa shape index (κ1) is 15.4. The zero-order valence-electron chi connectivity index (χ0n) is 12.9. The summed E-state index contributed by atoms with van der Waals surface area (Å²) in [5.74, 6) is 1.14. The lowest BCUT2D eigenvalue weighted by Gasteiger charge is -2.51. The van der Waals surface area contributed by atoms with Gasteiger partial charge in [-0.15, -0.1) is 0 Å². The summed E-state index contributed by atoms with van der Waals surface area (Å²) in [6.07, 6.45) is 1.39. The number of hydrogen-bond acceptors (Lipinski definition) is 6. The SMILES string of the molecule is CCOC1CC(Nc2snc(N)c2OC(C)C)C1(C)C. The Kier molecular flexibility index (Phi) is 4.44. The lowest BCUT2D eigenvalue weighted by atomic mass is 9.64. The van der Waals surface area contributed by atoms with Crippen molar-refractivity contribution in [1.82, 2.24) is 4.37 Å². The van der Waals surface area contributed by atoms with Gasteiger partial charge in [0.2, 0.25) is 0 Å². The van der Waals surface area contributed by atoms with Gasteiger partial charge in [-0.1, -0.05) is 13.8 Å². The molecule has 1 fully saturated rings. The average molecular weight is 299 g/mol. The molecule has 2 rings (SSSR count). The van der Waals surface area contributed by atoms with Crippen molar-refractivity contribution in [3.63, 3.8) is 0 Å². The van der Waals surface area contributed by atoms with E-state index in [0.717, 1.165) is 18.0 Å². The highest BCUT2D eigenvalue weighted by Crippen LogP contribution is 2.47. The Labute approximate surface area is 125 Å². The van der Waals surface area contributed by atoms with Crippen LogP contribution in [0.5, 0.6) is 5.75 Å². The van der Waals surface area contributed by atoms with Gasteiger partial charge in [-0.05, 0) is 38.7 Å². The lowest BCUT2D eigenvalue weighted by molar-refractivity contribution is -0.0975. The number of rotatable bonds is 6. The van der Waals surface area contributed by atoms with E-state index in [1.807, 2.05) is 20.8 Å². The van der Waals surface area contributed by atoms with Crippen LogP contribution >= 0.6 is 11.5 Å². The molecule has 1 aliphatic rings. The number of aromatic nitrogens is 1. The first-order chi connectivity index (χ1) is 9.36. The van der Waals surface area contributed by atoms with E-state index in [0.29, 0.717) is 23.7 Å². The van der Waals surface area contributed by atoms with E-state index in [9.17, 15) is 0 Å². The van der Waals surface area contributed by atoms with Crippen molar-refractivity contribution < 1.29 is 9.47 Å². The van der Waals surface area contributed by atoms with Gasteiger partial charge in [-0.2, -0.15) is 4.37 Å². The molecule has 2 unspecified atom stereocenters. The van der Waals surface area contributed by atoms with Gasteiger partial charge in [0.25, 0.3) is 0 Å². The first-order valence-corrected chi connectivity index (χ1v) is 7.93. The van der Waals surface area contributed by atoms with E-state index < -0.39 is 0 Å². The van der Waals surface area contributed by atoms with Gasteiger partial charge in [0.1, 0.15) is 0 Å². The largest absolute Gasteiger partial charge is 0.484 e. The smallest absolute Gasteiger partial charge is 0.197 e. The molecular formula is C14H25N3O2S. The fraction of sp³-hybridized carbons (Fsp3) is 0.786. The average Bonchev–Trinajstić information content (AvgIpc) is 2.69. The summed E-state index contributed by atoms with van der Waals surface area (Å²) < 4.78 is 15.7. The molecule has 5 nitrogen and oxygen atoms in total. The predicted octanol–water partition coefficient (Wildman–Crippen LogP) is 3.13. The van der Waals surface area contributed by atoms with Crippen molar-refractivity contribution >= 4 is 22.4 Å². The zero-order valence-corrected chi connectivity index (χ0v) is 13.7. The van der Waals surface area contributed by atoms with Gasteiger partial charge < -0.3 is 20.5 Å². The van der Waals surface area contributed by atoms with Crippen LogP contribution in [0.2, 0.25) is 0 Å². The number of ether oxygens (including phenoxy) is 2. The van der Waals surface area contributed by atoms with E-state index in [4.69, 9.17) is 15.2 Å². The van der Waals surface area contributed by atoms with Crippen LogP contribution in [-0.4, -0.2) is 29.2 Å². The number of nitrogen functional groups attached to an aromatic ring is 1. The molecule has 0 aromatic carbocycles. The fourth-order valence-electron chi connectivity index (χ4n) is 2.51. The van der Waals surface area contributed by atoms with Crippen LogP contribution in [0, 0.1) is 5.41 Å². The second kappa shape index (κ2) is 5.77. The Bertz CT molecular complexity index is 459. The van der Waals surface area contributed by atoms with E-state index >= 15 is 0 Å². The minimum absolute atomic E-state index is 0.0832. The van der Waals surface area contributed by atoms with Crippen LogP contribution in [0.1, 0.15) is 41.0 Å². The molecule has 20 heavy (non-hydrogen) atoms. The molecule has 1 aliphatic carbocycles. The molecule has 1 saturated carbocycles. The summed E-state index contributed by atoms with van der Waals surface area (Å²) in [5, 5.41) is 4.44. The Morgan fingerprint density at radius 2 is 2.20 bits per heavy atom. The monoisotopic (exact) mass is 299 g/mol. The molecule has 1 aromatic rings. The highest BCUT2D eigenvalue weighted by molar-refractivity contribution is 7.11. The maximum absolute atomic E-state index is 5.88. The first-order valence-electron chi connectivity index (χ1n) is 7.16. The number of anilines is 2. The molecule has 0 radical (unpaired) electrons. The molecule has 0 spiro atoms. The number of hydrogen-bond donors (Lipinski definition) is 2. The highest BCUT2D eigenvalue weighted by Gasteiger charge is 2.49. The number of nitrogens with one attached hydrogen (secondary N) is 1. The summed E-state index contributed by atoms with van der Waals surface area (Å²) in [6.45, 7) is 11.2. The Hall–Kier alpha value is -1.01. The van der Waals surface area contributed by atoms with Crippen LogP contribution < -0.4 is 15.8 Å². The second-order valence-electron chi connectivity index (χ2n) is 6.09. The second-order valence-corrected chi connectivity index (χ2v) is 6.86. The summed E-state index contributed by atoms with van der Waals surface area (Å²) in [7, 11) is 0. The normalized spacial score (nSPS) is 24.5. The van der Waals surface area contributed by atoms with Crippen LogP contribution in [0.3, 0.4) is 0 Å². The van der Waals surface area contributed by atoms with Crippen LogP contribution in [0.4, 0.5) is 10.8 Å². The Morgan fingerprint density at radius 3 is 2.75 bits per heavy atom. The van der Waals surface area contributed by atoms with Crippen molar-refractivity contribution in [2.45, 2.75) is 59.3 Å². The highest BCUT2D eigenvalue weighted by atomic mass is 32.1. The van der Waals surface area contributed by atoms with Crippen LogP contribution in [0.25, 0.3) is 0 Å². The number of nitrogens with two attached hydrogens (primary N) is 1. The quantitative estimate of drug-likeness (QED) is 0.844. The maximum Gasteiger partial charge on any atom is 0.197 e. The van der Waals surface area contributed by atoms with Crippen molar-refractivity contribution in [3.8, 4) is 5.75 Å². The van der Waals surface area contributed by atoms with Crippen molar-refractivity contribution in [2.24, 2.45) is 5.41 Å². The molecule has 0 aliphatic heterocycles. The zero-order chi connectivity index (χ0) is 14.9.